The number of carbonyl (C=O) groups excluding carboxylic acids is 2. The van der Waals surface area contributed by atoms with E-state index in [0.717, 1.165) is 35.7 Å². The number of carbonyl (C=O) groups is 2. The maximum absolute atomic E-state index is 15.1. The smallest absolute Gasteiger partial charge is 0.257 e. The van der Waals surface area contributed by atoms with E-state index in [9.17, 15) is 9.59 Å². The van der Waals surface area contributed by atoms with E-state index in [1.807, 2.05) is 37.3 Å². The molecule has 6 rings (SSSR count). The summed E-state index contributed by atoms with van der Waals surface area (Å²) in [6.07, 6.45) is 8.45. The van der Waals surface area contributed by atoms with Crippen LogP contribution in [-0.2, 0) is 4.79 Å². The monoisotopic (exact) mass is 582 g/mol. The molecule has 6 nitrogen and oxygen atoms in total. The van der Waals surface area contributed by atoms with Crippen LogP contribution in [0.25, 0.3) is 0 Å². The van der Waals surface area contributed by atoms with E-state index in [0.29, 0.717) is 31.0 Å². The molecule has 0 radical (unpaired) electrons. The molecule has 3 aliphatic rings. The standard InChI is InChI=1S/C36H43FN4O2/c1-25-10-7-15-31(37)32(25)34(42)41-23-9-20-36(2,33(41)26-16-18-28(19-17-26)38-27-11-3-4-12-27)35(43)39-29-13-8-14-30(24-29)40-21-5-6-22-40/h7-8,10,13-19,24,27,33,38H,3-6,9,11-12,20-23H2,1-2H3,(H,39,43). The molecule has 3 aromatic rings. The average molecular weight is 583 g/mol. The first-order chi connectivity index (χ1) is 20.8. The lowest BCUT2D eigenvalue weighted by Crippen LogP contribution is -2.52. The number of hydrogen-bond acceptors (Lipinski definition) is 4. The van der Waals surface area contributed by atoms with Crippen LogP contribution >= 0.6 is 0 Å². The highest BCUT2D eigenvalue weighted by atomic mass is 19.1. The molecule has 7 heteroatoms. The summed E-state index contributed by atoms with van der Waals surface area (Å²) >= 11 is 0. The Morgan fingerprint density at radius 3 is 2.30 bits per heavy atom. The Labute approximate surface area is 254 Å². The molecule has 43 heavy (non-hydrogen) atoms. The third-order valence-corrected chi connectivity index (χ3v) is 9.75. The van der Waals surface area contributed by atoms with Crippen molar-refractivity contribution in [2.45, 2.75) is 77.3 Å². The van der Waals surface area contributed by atoms with Gasteiger partial charge >= 0.3 is 0 Å². The molecule has 2 saturated heterocycles. The summed E-state index contributed by atoms with van der Waals surface area (Å²) in [4.78, 5) is 32.5. The minimum Gasteiger partial charge on any atom is -0.382 e. The van der Waals surface area contributed by atoms with Crippen LogP contribution in [0.4, 0.5) is 21.5 Å². The van der Waals surface area contributed by atoms with Crippen molar-refractivity contribution in [3.63, 3.8) is 0 Å². The minimum atomic E-state index is -0.933. The molecule has 0 bridgehead atoms. The normalized spacial score (nSPS) is 22.5. The number of anilines is 3. The highest BCUT2D eigenvalue weighted by molar-refractivity contribution is 5.99. The lowest BCUT2D eigenvalue weighted by Gasteiger charge is -2.47. The number of nitrogens with zero attached hydrogens (tertiary/aromatic N) is 2. The molecule has 2 N–H and O–H groups in total. The molecular formula is C36H43FN4O2. The summed E-state index contributed by atoms with van der Waals surface area (Å²) in [5.41, 5.74) is 3.51. The Hall–Kier alpha value is -3.87. The maximum Gasteiger partial charge on any atom is 0.257 e. The molecule has 1 aliphatic carbocycles. The summed E-state index contributed by atoms with van der Waals surface area (Å²) in [6.45, 7) is 6.21. The fourth-order valence-electron chi connectivity index (χ4n) is 7.37. The number of nitrogens with one attached hydrogen (secondary N) is 2. The van der Waals surface area contributed by atoms with Gasteiger partial charge < -0.3 is 20.4 Å². The van der Waals surface area contributed by atoms with Crippen LogP contribution in [0.15, 0.2) is 66.7 Å². The van der Waals surface area contributed by atoms with Crippen LogP contribution in [0.3, 0.4) is 0 Å². The van der Waals surface area contributed by atoms with Crippen LogP contribution in [-0.4, -0.2) is 42.4 Å². The number of rotatable bonds is 7. The molecule has 0 spiro atoms. The fraction of sp³-hybridized carbons (Fsp3) is 0.444. The topological polar surface area (TPSA) is 64.7 Å². The number of amides is 2. The van der Waals surface area contributed by atoms with Crippen molar-refractivity contribution in [1.82, 2.24) is 4.90 Å². The lowest BCUT2D eigenvalue weighted by molar-refractivity contribution is -0.130. The van der Waals surface area contributed by atoms with Crippen LogP contribution in [0.2, 0.25) is 0 Å². The third kappa shape index (κ3) is 5.99. The third-order valence-electron chi connectivity index (χ3n) is 9.75. The van der Waals surface area contributed by atoms with Gasteiger partial charge in [0.05, 0.1) is 17.0 Å². The molecule has 3 fully saturated rings. The Bertz CT molecular complexity index is 1440. The highest BCUT2D eigenvalue weighted by Gasteiger charge is 2.49. The predicted molar refractivity (Wildman–Crippen MR) is 171 cm³/mol. The zero-order chi connectivity index (χ0) is 30.0. The first kappa shape index (κ1) is 29.2. The number of aryl methyl sites for hydroxylation is 1. The van der Waals surface area contributed by atoms with Gasteiger partial charge in [0.1, 0.15) is 5.82 Å². The lowest BCUT2D eigenvalue weighted by atomic mass is 9.70. The molecule has 2 unspecified atom stereocenters. The molecule has 2 heterocycles. The Morgan fingerprint density at radius 2 is 1.58 bits per heavy atom. The molecule has 1 saturated carbocycles. The number of benzene rings is 3. The van der Waals surface area contributed by atoms with E-state index < -0.39 is 17.3 Å². The summed E-state index contributed by atoms with van der Waals surface area (Å²) in [5, 5.41) is 6.84. The Balaban J connectivity index is 1.33. The zero-order valence-electron chi connectivity index (χ0n) is 25.4. The second kappa shape index (κ2) is 12.4. The average Bonchev–Trinajstić information content (AvgIpc) is 3.73. The number of piperidine rings is 1. The van der Waals surface area contributed by atoms with Crippen LogP contribution in [0, 0.1) is 18.2 Å². The molecule has 0 aromatic heterocycles. The van der Waals surface area contributed by atoms with Gasteiger partial charge in [-0.3, -0.25) is 9.59 Å². The van der Waals surface area contributed by atoms with E-state index in [1.165, 1.54) is 44.6 Å². The Morgan fingerprint density at radius 1 is 0.860 bits per heavy atom. The molecule has 3 aromatic carbocycles. The van der Waals surface area contributed by atoms with Gasteiger partial charge in [0.2, 0.25) is 5.91 Å². The van der Waals surface area contributed by atoms with Gasteiger partial charge in [0, 0.05) is 42.7 Å². The second-order valence-electron chi connectivity index (χ2n) is 12.8. The molecular weight excluding hydrogens is 539 g/mol. The predicted octanol–water partition coefficient (Wildman–Crippen LogP) is 7.71. The first-order valence-electron chi connectivity index (χ1n) is 15.9. The quantitative estimate of drug-likeness (QED) is 0.300. The zero-order valence-corrected chi connectivity index (χ0v) is 25.4. The summed E-state index contributed by atoms with van der Waals surface area (Å²) < 4.78 is 15.1. The summed E-state index contributed by atoms with van der Waals surface area (Å²) in [7, 11) is 0. The van der Waals surface area contributed by atoms with Crippen molar-refractivity contribution in [3.05, 3.63) is 89.2 Å². The molecule has 2 amide bonds. The van der Waals surface area contributed by atoms with Gasteiger partial charge in [-0.25, -0.2) is 4.39 Å². The second-order valence-corrected chi connectivity index (χ2v) is 12.8. The van der Waals surface area contributed by atoms with Gasteiger partial charge in [0.15, 0.2) is 0 Å². The van der Waals surface area contributed by atoms with E-state index in [1.54, 1.807) is 24.0 Å². The van der Waals surface area contributed by atoms with Crippen LogP contribution in [0.1, 0.15) is 85.8 Å². The van der Waals surface area contributed by atoms with E-state index in [4.69, 9.17) is 0 Å². The van der Waals surface area contributed by atoms with Crippen LogP contribution in [0.5, 0.6) is 0 Å². The van der Waals surface area contributed by atoms with Crippen molar-refractivity contribution in [2.24, 2.45) is 5.41 Å². The fourth-order valence-corrected chi connectivity index (χ4v) is 7.37. The largest absolute Gasteiger partial charge is 0.382 e. The van der Waals surface area contributed by atoms with Gasteiger partial charge in [-0.15, -0.1) is 0 Å². The minimum absolute atomic E-state index is 0.0787. The number of halogens is 1. The van der Waals surface area contributed by atoms with E-state index in [-0.39, 0.29) is 17.4 Å². The van der Waals surface area contributed by atoms with Crippen molar-refractivity contribution in [2.75, 3.05) is 35.2 Å². The van der Waals surface area contributed by atoms with Crippen LogP contribution < -0.4 is 15.5 Å². The number of likely N-dealkylation sites (tertiary alicyclic amines) is 1. The van der Waals surface area contributed by atoms with Crippen molar-refractivity contribution >= 4 is 28.9 Å². The SMILES string of the molecule is Cc1cccc(F)c1C(=O)N1CCCC(C)(C(=O)Nc2cccc(N3CCCC3)c2)C1c1ccc(NC2CCCC2)cc1. The summed E-state index contributed by atoms with van der Waals surface area (Å²) in [5.74, 6) is -1.04. The van der Waals surface area contributed by atoms with Gasteiger partial charge in [-0.1, -0.05) is 43.2 Å². The summed E-state index contributed by atoms with van der Waals surface area (Å²) in [6, 6.07) is 20.8. The molecule has 226 valence electrons. The molecule has 2 aliphatic heterocycles. The van der Waals surface area contributed by atoms with Gasteiger partial charge in [0.25, 0.3) is 5.91 Å². The van der Waals surface area contributed by atoms with Gasteiger partial charge in [-0.05, 0) is 99.9 Å². The number of hydrogen-bond donors (Lipinski definition) is 2. The van der Waals surface area contributed by atoms with E-state index >= 15 is 4.39 Å². The first-order valence-corrected chi connectivity index (χ1v) is 15.9. The Kier molecular flexibility index (Phi) is 8.42. The van der Waals surface area contributed by atoms with Crippen molar-refractivity contribution < 1.29 is 14.0 Å². The van der Waals surface area contributed by atoms with Gasteiger partial charge in [-0.2, -0.15) is 0 Å². The van der Waals surface area contributed by atoms with Crippen molar-refractivity contribution in [1.29, 1.82) is 0 Å². The highest BCUT2D eigenvalue weighted by Crippen LogP contribution is 2.47. The van der Waals surface area contributed by atoms with Crippen molar-refractivity contribution in [3.8, 4) is 0 Å². The maximum atomic E-state index is 15.1. The molecule has 2 atom stereocenters. The van der Waals surface area contributed by atoms with E-state index in [2.05, 4.69) is 33.7 Å².